The molecule has 27 heavy (non-hydrogen) atoms. The normalized spacial score (nSPS) is 11.6. The second kappa shape index (κ2) is 7.24. The minimum atomic E-state index is -4.65. The van der Waals surface area contributed by atoms with Crippen molar-refractivity contribution in [2.45, 2.75) is 16.2 Å². The Labute approximate surface area is 160 Å². The molecule has 1 aromatic heterocycles. The fourth-order valence-corrected chi connectivity index (χ4v) is 3.43. The van der Waals surface area contributed by atoms with E-state index in [0.717, 1.165) is 35.2 Å². The maximum absolute atomic E-state index is 12.8. The topological polar surface area (TPSA) is 61.0 Å². The van der Waals surface area contributed by atoms with E-state index in [0.29, 0.717) is 16.2 Å². The highest BCUT2D eigenvalue weighted by atomic mass is 35.5. The Balaban J connectivity index is 1.96. The van der Waals surface area contributed by atoms with Gasteiger partial charge in [-0.3, -0.25) is 10.1 Å². The van der Waals surface area contributed by atoms with Crippen molar-refractivity contribution in [3.63, 3.8) is 0 Å². The number of nitro groups is 1. The van der Waals surface area contributed by atoms with Gasteiger partial charge in [0.25, 0.3) is 5.69 Å². The summed E-state index contributed by atoms with van der Waals surface area (Å²) in [6.07, 6.45) is -3.07. The molecule has 0 radical (unpaired) electrons. The fourth-order valence-electron chi connectivity index (χ4n) is 2.40. The first kappa shape index (κ1) is 19.2. The minimum Gasteiger partial charge on any atom is -0.322 e. The molecule has 0 amide bonds. The van der Waals surface area contributed by atoms with Gasteiger partial charge in [0.1, 0.15) is 0 Å². The molecule has 140 valence electrons. The smallest absolute Gasteiger partial charge is 0.322 e. The largest absolute Gasteiger partial charge is 0.416 e. The van der Waals surface area contributed by atoms with E-state index in [4.69, 9.17) is 11.6 Å². The molecule has 0 spiro atoms. The van der Waals surface area contributed by atoms with Gasteiger partial charge >= 0.3 is 6.18 Å². The second-order valence-electron chi connectivity index (χ2n) is 5.53. The summed E-state index contributed by atoms with van der Waals surface area (Å²) in [6.45, 7) is 0. The van der Waals surface area contributed by atoms with Gasteiger partial charge < -0.3 is 4.57 Å². The van der Waals surface area contributed by atoms with Gasteiger partial charge in [0.15, 0.2) is 5.16 Å². The van der Waals surface area contributed by atoms with E-state index in [1.807, 2.05) is 0 Å². The van der Waals surface area contributed by atoms with Gasteiger partial charge in [0.2, 0.25) is 0 Å². The summed E-state index contributed by atoms with van der Waals surface area (Å²) in [7, 11) is 1.72. The molecule has 10 heteroatoms. The summed E-state index contributed by atoms with van der Waals surface area (Å²) in [6, 6.07) is 9.48. The van der Waals surface area contributed by atoms with Gasteiger partial charge in [-0.25, -0.2) is 4.98 Å². The highest BCUT2D eigenvalue weighted by Crippen LogP contribution is 2.39. The van der Waals surface area contributed by atoms with E-state index in [1.54, 1.807) is 42.1 Å². The van der Waals surface area contributed by atoms with Gasteiger partial charge in [0.05, 0.1) is 27.3 Å². The number of aromatic nitrogens is 2. The summed E-state index contributed by atoms with van der Waals surface area (Å²) in [5.41, 5.74) is -0.113. The lowest BCUT2D eigenvalue weighted by atomic mass is 10.2. The molecule has 0 fully saturated rings. The highest BCUT2D eigenvalue weighted by molar-refractivity contribution is 7.99. The van der Waals surface area contributed by atoms with Crippen molar-refractivity contribution in [2.24, 2.45) is 7.05 Å². The zero-order valence-corrected chi connectivity index (χ0v) is 15.3. The molecular formula is C17H11ClF3N3O2S. The minimum absolute atomic E-state index is 0.0735. The Hall–Kier alpha value is -2.52. The molecule has 2 aromatic carbocycles. The third kappa shape index (κ3) is 4.09. The Kier molecular flexibility index (Phi) is 5.16. The van der Waals surface area contributed by atoms with Gasteiger partial charge in [-0.2, -0.15) is 13.2 Å². The second-order valence-corrected chi connectivity index (χ2v) is 6.98. The lowest BCUT2D eigenvalue weighted by Gasteiger charge is -2.09. The molecule has 0 N–H and O–H groups in total. The summed E-state index contributed by atoms with van der Waals surface area (Å²) in [4.78, 5) is 14.7. The number of imidazole rings is 1. The quantitative estimate of drug-likeness (QED) is 0.399. The van der Waals surface area contributed by atoms with Crippen LogP contribution < -0.4 is 0 Å². The van der Waals surface area contributed by atoms with Crippen molar-refractivity contribution in [3.05, 3.63) is 69.4 Å². The average molecular weight is 414 g/mol. The van der Waals surface area contributed by atoms with Crippen LogP contribution in [0.25, 0.3) is 11.3 Å². The van der Waals surface area contributed by atoms with E-state index in [-0.39, 0.29) is 4.90 Å². The highest BCUT2D eigenvalue weighted by Gasteiger charge is 2.33. The molecule has 1 heterocycles. The Morgan fingerprint density at radius 3 is 2.44 bits per heavy atom. The lowest BCUT2D eigenvalue weighted by molar-refractivity contribution is -0.388. The van der Waals surface area contributed by atoms with Gasteiger partial charge in [0, 0.05) is 18.1 Å². The molecule has 0 atom stereocenters. The maximum atomic E-state index is 12.8. The molecule has 0 saturated carbocycles. The Morgan fingerprint density at radius 2 is 1.85 bits per heavy atom. The zero-order chi connectivity index (χ0) is 19.8. The molecule has 0 unspecified atom stereocenters. The van der Waals surface area contributed by atoms with E-state index in [9.17, 15) is 23.3 Å². The number of hydrogen-bond donors (Lipinski definition) is 0. The molecule has 0 aliphatic carbocycles. The van der Waals surface area contributed by atoms with Crippen molar-refractivity contribution >= 4 is 29.1 Å². The summed E-state index contributed by atoms with van der Waals surface area (Å²) in [5, 5.41) is 12.2. The fraction of sp³-hybridized carbons (Fsp3) is 0.118. The summed E-state index contributed by atoms with van der Waals surface area (Å²) < 4.78 is 40.2. The van der Waals surface area contributed by atoms with Crippen LogP contribution in [-0.4, -0.2) is 14.5 Å². The van der Waals surface area contributed by atoms with Gasteiger partial charge in [-0.15, -0.1) is 0 Å². The van der Waals surface area contributed by atoms with Crippen LogP contribution in [0.15, 0.2) is 58.7 Å². The number of hydrogen-bond acceptors (Lipinski definition) is 4. The summed E-state index contributed by atoms with van der Waals surface area (Å²) >= 11 is 6.80. The van der Waals surface area contributed by atoms with Crippen LogP contribution in [0.1, 0.15) is 5.56 Å². The van der Waals surface area contributed by atoms with E-state index < -0.39 is 22.4 Å². The third-order valence-corrected chi connectivity index (χ3v) is 5.15. The maximum Gasteiger partial charge on any atom is 0.416 e. The lowest BCUT2D eigenvalue weighted by Crippen LogP contribution is -2.06. The summed E-state index contributed by atoms with van der Waals surface area (Å²) in [5.74, 6) is 0. The Morgan fingerprint density at radius 1 is 1.19 bits per heavy atom. The van der Waals surface area contributed by atoms with Crippen LogP contribution in [0.2, 0.25) is 5.02 Å². The number of alkyl halides is 3. The predicted molar refractivity (Wildman–Crippen MR) is 95.9 cm³/mol. The van der Waals surface area contributed by atoms with Crippen molar-refractivity contribution < 1.29 is 18.1 Å². The van der Waals surface area contributed by atoms with Gasteiger partial charge in [-0.1, -0.05) is 23.7 Å². The average Bonchev–Trinajstić information content (AvgIpc) is 2.95. The van der Waals surface area contributed by atoms with Crippen LogP contribution in [0.4, 0.5) is 18.9 Å². The molecule has 0 bridgehead atoms. The van der Waals surface area contributed by atoms with Crippen molar-refractivity contribution in [1.29, 1.82) is 0 Å². The van der Waals surface area contributed by atoms with E-state index >= 15 is 0 Å². The molecule has 3 aromatic rings. The van der Waals surface area contributed by atoms with Crippen LogP contribution >= 0.6 is 23.4 Å². The number of benzene rings is 2. The van der Waals surface area contributed by atoms with Crippen molar-refractivity contribution in [2.75, 3.05) is 0 Å². The van der Waals surface area contributed by atoms with Crippen molar-refractivity contribution in [3.8, 4) is 11.3 Å². The van der Waals surface area contributed by atoms with Crippen LogP contribution in [-0.2, 0) is 13.2 Å². The monoisotopic (exact) mass is 413 g/mol. The van der Waals surface area contributed by atoms with Crippen molar-refractivity contribution in [1.82, 2.24) is 9.55 Å². The molecule has 5 nitrogen and oxygen atoms in total. The van der Waals surface area contributed by atoms with Crippen LogP contribution in [0.5, 0.6) is 0 Å². The predicted octanol–water partition coefficient (Wildman–Crippen LogP) is 5.82. The molecular weight excluding hydrogens is 403 g/mol. The first-order valence-electron chi connectivity index (χ1n) is 7.48. The first-order chi connectivity index (χ1) is 12.7. The molecule has 0 aliphatic heterocycles. The number of nitro benzene ring substituents is 1. The van der Waals surface area contributed by atoms with Gasteiger partial charge in [-0.05, 0) is 41.6 Å². The molecule has 0 saturated heterocycles. The zero-order valence-electron chi connectivity index (χ0n) is 13.7. The molecule has 3 rings (SSSR count). The number of rotatable bonds is 4. The first-order valence-corrected chi connectivity index (χ1v) is 8.67. The van der Waals surface area contributed by atoms with Crippen LogP contribution in [0, 0.1) is 10.1 Å². The number of halogens is 4. The molecule has 0 aliphatic rings. The standard InChI is InChI=1S/C17H11ClF3N3O2S/c1-23-14(10-2-5-12(18)6-3-10)9-22-16(23)27-15-7-4-11(17(19,20)21)8-13(15)24(25)26/h2-9H,1H3. The Bertz CT molecular complexity index is 1000. The van der Waals surface area contributed by atoms with Crippen LogP contribution in [0.3, 0.4) is 0 Å². The third-order valence-electron chi connectivity index (χ3n) is 3.77. The van der Waals surface area contributed by atoms with E-state index in [2.05, 4.69) is 4.98 Å². The van der Waals surface area contributed by atoms with E-state index in [1.165, 1.54) is 0 Å². The SMILES string of the molecule is Cn1c(-c2ccc(Cl)cc2)cnc1Sc1ccc(C(F)(F)F)cc1[N+](=O)[O-]. The number of nitrogens with zero attached hydrogens (tertiary/aromatic N) is 3.